The number of carbonyl (C=O) groups excluding carboxylic acids is 1. The Morgan fingerprint density at radius 1 is 1.24 bits per heavy atom. The van der Waals surface area contributed by atoms with E-state index in [9.17, 15) is 23.1 Å². The number of carbonyl (C=O) groups is 1. The molecule has 0 spiro atoms. The molecule has 10 heteroatoms. The summed E-state index contributed by atoms with van der Waals surface area (Å²) in [5, 5.41) is 17.0. The van der Waals surface area contributed by atoms with Crippen LogP contribution in [0.2, 0.25) is 0 Å². The third kappa shape index (κ3) is 5.07. The van der Waals surface area contributed by atoms with Crippen LogP contribution in [0.3, 0.4) is 0 Å². The predicted molar refractivity (Wildman–Crippen MR) is 123 cm³/mol. The number of hydrogen-bond donors (Lipinski definition) is 3. The lowest BCUT2D eigenvalue weighted by Crippen LogP contribution is -2.58. The summed E-state index contributed by atoms with van der Waals surface area (Å²) in [6, 6.07) is 5.86. The molecule has 2 heterocycles. The van der Waals surface area contributed by atoms with Gasteiger partial charge >= 0.3 is 6.18 Å². The first kappa shape index (κ1) is 24.5. The fourth-order valence-electron chi connectivity index (χ4n) is 5.30. The zero-order chi connectivity index (χ0) is 24.8. The van der Waals surface area contributed by atoms with Crippen LogP contribution < -0.4 is 11.1 Å². The van der Waals surface area contributed by atoms with Gasteiger partial charge in [-0.25, -0.2) is 0 Å². The molecule has 7 nitrogen and oxygen atoms in total. The Morgan fingerprint density at radius 2 is 1.88 bits per heavy atom. The first-order valence-electron chi connectivity index (χ1n) is 11.6. The number of aliphatic hydroxyl groups is 1. The molecule has 1 aliphatic carbocycles. The predicted octanol–water partition coefficient (Wildman–Crippen LogP) is 4.39. The molecule has 1 saturated heterocycles. The number of nitrogens with zero attached hydrogens (tertiary/aromatic N) is 3. The van der Waals surface area contributed by atoms with Crippen molar-refractivity contribution in [2.45, 2.75) is 64.4 Å². The topological polar surface area (TPSA) is 96.4 Å². The molecule has 2 aromatic rings. The summed E-state index contributed by atoms with van der Waals surface area (Å²) in [7, 11) is 0. The number of nitrogens with one attached hydrogen (secondary N) is 1. The average molecular weight is 480 g/mol. The van der Waals surface area contributed by atoms with Crippen molar-refractivity contribution >= 4 is 17.4 Å². The van der Waals surface area contributed by atoms with Gasteiger partial charge in [-0.2, -0.15) is 18.3 Å². The van der Waals surface area contributed by atoms with E-state index in [0.29, 0.717) is 23.1 Å². The number of benzene rings is 1. The van der Waals surface area contributed by atoms with E-state index in [1.807, 2.05) is 0 Å². The third-order valence-electron chi connectivity index (χ3n) is 7.01. The maximum absolute atomic E-state index is 12.7. The molecule has 186 valence electrons. The Labute approximate surface area is 197 Å². The summed E-state index contributed by atoms with van der Waals surface area (Å²) in [5.74, 6) is -0.0171. The number of nitrogens with two attached hydrogens (primary N) is 1. The number of aliphatic hydroxyl groups excluding tert-OH is 1. The van der Waals surface area contributed by atoms with Gasteiger partial charge in [-0.15, -0.1) is 0 Å². The Hall–Kier alpha value is -2.59. The largest absolute Gasteiger partial charge is 0.418 e. The van der Waals surface area contributed by atoms with Crippen LogP contribution in [0.5, 0.6) is 0 Å². The Bertz CT molecular complexity index is 1030. The summed E-state index contributed by atoms with van der Waals surface area (Å²) < 4.78 is 40.0. The molecule has 1 aromatic heterocycles. The lowest BCUT2D eigenvalue weighted by Gasteiger charge is -2.52. The fraction of sp³-hybridized carbons (Fsp3) is 0.583. The quantitative estimate of drug-likeness (QED) is 0.571. The highest BCUT2D eigenvalue weighted by molar-refractivity contribution is 5.98. The van der Waals surface area contributed by atoms with Gasteiger partial charge in [0.1, 0.15) is 5.56 Å². The van der Waals surface area contributed by atoms with Crippen molar-refractivity contribution in [3.05, 3.63) is 41.6 Å². The van der Waals surface area contributed by atoms with Crippen molar-refractivity contribution in [1.82, 2.24) is 14.7 Å². The number of aromatic nitrogens is 2. The van der Waals surface area contributed by atoms with Crippen molar-refractivity contribution in [3.63, 3.8) is 0 Å². The van der Waals surface area contributed by atoms with Crippen LogP contribution in [-0.2, 0) is 0 Å². The summed E-state index contributed by atoms with van der Waals surface area (Å²) in [4.78, 5) is 14.6. The van der Waals surface area contributed by atoms with Gasteiger partial charge in [-0.3, -0.25) is 14.4 Å². The van der Waals surface area contributed by atoms with Crippen LogP contribution in [0.15, 0.2) is 30.5 Å². The molecule has 4 rings (SSSR count). The number of likely N-dealkylation sites (tertiary alicyclic amines) is 1. The SMILES string of the molecule is C[C@H]1C[C@H](N2CC(C)(C)C2)CC[C@@H]1n1cc(C(N)=O)c(Nc2ccc([C@H](O)C(F)(F)F)cc2)n1. The molecule has 2 aliphatic rings. The molecule has 0 bridgehead atoms. The van der Waals surface area contributed by atoms with Crippen LogP contribution in [-0.4, -0.2) is 51.0 Å². The maximum Gasteiger partial charge on any atom is 0.418 e. The molecule has 1 aliphatic heterocycles. The van der Waals surface area contributed by atoms with Crippen LogP contribution >= 0.6 is 0 Å². The minimum absolute atomic E-state index is 0.128. The second-order valence-corrected chi connectivity index (χ2v) is 10.5. The van der Waals surface area contributed by atoms with E-state index in [0.717, 1.165) is 32.4 Å². The molecule has 34 heavy (non-hydrogen) atoms. The van der Waals surface area contributed by atoms with E-state index in [-0.39, 0.29) is 23.0 Å². The van der Waals surface area contributed by atoms with Crippen LogP contribution in [0.4, 0.5) is 24.7 Å². The van der Waals surface area contributed by atoms with Gasteiger partial charge < -0.3 is 16.2 Å². The highest BCUT2D eigenvalue weighted by Gasteiger charge is 2.41. The van der Waals surface area contributed by atoms with Crippen molar-refractivity contribution in [3.8, 4) is 0 Å². The molecule has 1 aromatic carbocycles. The van der Waals surface area contributed by atoms with E-state index in [4.69, 9.17) is 5.73 Å². The second kappa shape index (κ2) is 8.88. The van der Waals surface area contributed by atoms with Crippen molar-refractivity contribution < 1.29 is 23.1 Å². The summed E-state index contributed by atoms with van der Waals surface area (Å²) in [6.07, 6.45) is -2.59. The molecule has 4 N–H and O–H groups in total. The highest BCUT2D eigenvalue weighted by atomic mass is 19.4. The lowest BCUT2D eigenvalue weighted by molar-refractivity contribution is -0.206. The second-order valence-electron chi connectivity index (χ2n) is 10.5. The average Bonchev–Trinajstić information content (AvgIpc) is 3.15. The van der Waals surface area contributed by atoms with Gasteiger partial charge in [0.05, 0.1) is 6.04 Å². The number of anilines is 2. The molecular formula is C24H32F3N5O2. The number of halogens is 3. The number of hydrogen-bond acceptors (Lipinski definition) is 5. The highest BCUT2D eigenvalue weighted by Crippen LogP contribution is 2.41. The molecule has 1 saturated carbocycles. The standard InChI is InChI=1S/C24H32F3N5O2/c1-14-10-17(31-12-23(2,3)13-31)8-9-19(14)32-11-18(21(28)34)22(30-32)29-16-6-4-15(5-7-16)20(33)24(25,26)27/h4-7,11,14,17,19-20,33H,8-10,12-13H2,1-3H3,(H2,28,34)(H,29,30)/t14-,17+,19-,20-/m0/s1. The van der Waals surface area contributed by atoms with Crippen LogP contribution in [0.25, 0.3) is 0 Å². The summed E-state index contributed by atoms with van der Waals surface area (Å²) in [5.41, 5.74) is 6.35. The summed E-state index contributed by atoms with van der Waals surface area (Å²) in [6.45, 7) is 9.01. The Kier molecular flexibility index (Phi) is 6.41. The maximum atomic E-state index is 12.7. The molecule has 0 radical (unpaired) electrons. The molecule has 0 unspecified atom stereocenters. The van der Waals surface area contributed by atoms with Gasteiger partial charge in [0.2, 0.25) is 0 Å². The first-order chi connectivity index (χ1) is 15.8. The van der Waals surface area contributed by atoms with Crippen LogP contribution in [0.1, 0.15) is 68.1 Å². The molecular weight excluding hydrogens is 447 g/mol. The van der Waals surface area contributed by atoms with E-state index < -0.39 is 18.2 Å². The van der Waals surface area contributed by atoms with E-state index >= 15 is 0 Å². The Balaban J connectivity index is 1.46. The Morgan fingerprint density at radius 3 is 2.41 bits per heavy atom. The van der Waals surface area contributed by atoms with Crippen molar-refractivity contribution in [2.24, 2.45) is 17.1 Å². The van der Waals surface area contributed by atoms with Gasteiger partial charge in [0.25, 0.3) is 5.91 Å². The van der Waals surface area contributed by atoms with Crippen LogP contribution in [0, 0.1) is 11.3 Å². The molecule has 4 atom stereocenters. The van der Waals surface area contributed by atoms with Gasteiger partial charge in [-0.05, 0) is 48.3 Å². The van der Waals surface area contributed by atoms with E-state index in [1.165, 1.54) is 24.3 Å². The van der Waals surface area contributed by atoms with Gasteiger partial charge in [-0.1, -0.05) is 32.9 Å². The fourth-order valence-corrected chi connectivity index (χ4v) is 5.30. The first-order valence-corrected chi connectivity index (χ1v) is 11.6. The number of amides is 1. The molecule has 2 fully saturated rings. The smallest absolute Gasteiger partial charge is 0.379 e. The van der Waals surface area contributed by atoms with Gasteiger partial charge in [0, 0.05) is 31.0 Å². The summed E-state index contributed by atoms with van der Waals surface area (Å²) >= 11 is 0. The number of primary amides is 1. The third-order valence-corrected chi connectivity index (χ3v) is 7.01. The zero-order valence-corrected chi connectivity index (χ0v) is 19.6. The van der Waals surface area contributed by atoms with Gasteiger partial charge in [0.15, 0.2) is 11.9 Å². The number of rotatable bonds is 6. The van der Waals surface area contributed by atoms with E-state index in [2.05, 4.69) is 36.1 Å². The van der Waals surface area contributed by atoms with E-state index in [1.54, 1.807) is 10.9 Å². The van der Waals surface area contributed by atoms with Crippen molar-refractivity contribution in [1.29, 1.82) is 0 Å². The normalized spacial score (nSPS) is 26.0. The minimum atomic E-state index is -4.74. The van der Waals surface area contributed by atoms with Crippen molar-refractivity contribution in [2.75, 3.05) is 18.4 Å². The lowest BCUT2D eigenvalue weighted by atomic mass is 9.77. The number of alkyl halides is 3. The zero-order valence-electron chi connectivity index (χ0n) is 19.6. The minimum Gasteiger partial charge on any atom is -0.379 e. The monoisotopic (exact) mass is 479 g/mol. The molecule has 1 amide bonds.